The Hall–Kier alpha value is -1.76. The maximum absolute atomic E-state index is 12.5. The Morgan fingerprint density at radius 3 is 2.65 bits per heavy atom. The van der Waals surface area contributed by atoms with E-state index in [1.165, 1.54) is 6.07 Å². The molecule has 8 heteroatoms. The van der Waals surface area contributed by atoms with Crippen LogP contribution in [-0.2, 0) is 6.18 Å². The van der Waals surface area contributed by atoms with Crippen molar-refractivity contribution >= 4 is 23.8 Å². The summed E-state index contributed by atoms with van der Waals surface area (Å²) in [5, 5.41) is 2.93. The van der Waals surface area contributed by atoms with Crippen LogP contribution in [0, 0.1) is 0 Å². The Balaban J connectivity index is 2.97. The molecule has 0 aliphatic heterocycles. The van der Waals surface area contributed by atoms with Gasteiger partial charge in [0.1, 0.15) is 0 Å². The van der Waals surface area contributed by atoms with Gasteiger partial charge in [-0.15, -0.1) is 0 Å². The number of carbonyl (C=O) groups excluding carboxylic acids is 1. The fourth-order valence-corrected chi connectivity index (χ4v) is 1.24. The molecule has 0 aliphatic carbocycles. The van der Waals surface area contributed by atoms with Gasteiger partial charge in [-0.25, -0.2) is 10.2 Å². The minimum Gasteiger partial charge on any atom is -0.350 e. The molecule has 1 rings (SSSR count). The third kappa shape index (κ3) is 3.95. The van der Waals surface area contributed by atoms with Crippen LogP contribution < -0.4 is 11.2 Å². The van der Waals surface area contributed by atoms with Crippen molar-refractivity contribution < 1.29 is 18.0 Å². The van der Waals surface area contributed by atoms with Crippen LogP contribution >= 0.6 is 11.6 Å². The van der Waals surface area contributed by atoms with Crippen LogP contribution in [0.2, 0.25) is 5.02 Å². The van der Waals surface area contributed by atoms with Gasteiger partial charge in [0.25, 0.3) is 0 Å². The van der Waals surface area contributed by atoms with Gasteiger partial charge in [-0.2, -0.15) is 18.3 Å². The third-order valence-corrected chi connectivity index (χ3v) is 2.01. The van der Waals surface area contributed by atoms with Crippen LogP contribution in [0.4, 0.5) is 18.0 Å². The standard InChI is InChI=1S/C9H7ClF3N3O/c10-7-2-1-5(4-15-16-8(14)17)3-6(7)9(11,12)13/h1-4H,(H3,14,16,17). The number of alkyl halides is 3. The number of nitrogens with zero attached hydrogens (tertiary/aromatic N) is 1. The maximum atomic E-state index is 12.5. The number of amides is 2. The van der Waals surface area contributed by atoms with Crippen LogP contribution in [0.5, 0.6) is 0 Å². The summed E-state index contributed by atoms with van der Waals surface area (Å²) in [5.74, 6) is 0. The van der Waals surface area contributed by atoms with E-state index < -0.39 is 22.8 Å². The van der Waals surface area contributed by atoms with Crippen molar-refractivity contribution in [2.45, 2.75) is 6.18 Å². The number of carbonyl (C=O) groups is 1. The van der Waals surface area contributed by atoms with Crippen molar-refractivity contribution in [1.29, 1.82) is 0 Å². The van der Waals surface area contributed by atoms with Gasteiger partial charge in [-0.1, -0.05) is 17.7 Å². The molecule has 2 amide bonds. The second-order valence-corrected chi connectivity index (χ2v) is 3.38. The van der Waals surface area contributed by atoms with Crippen LogP contribution in [0.1, 0.15) is 11.1 Å². The summed E-state index contributed by atoms with van der Waals surface area (Å²) in [6.45, 7) is 0. The molecule has 0 saturated heterocycles. The van der Waals surface area contributed by atoms with Crippen molar-refractivity contribution in [3.63, 3.8) is 0 Å². The maximum Gasteiger partial charge on any atom is 0.417 e. The summed E-state index contributed by atoms with van der Waals surface area (Å²) in [6, 6.07) is 2.32. The Morgan fingerprint density at radius 2 is 2.12 bits per heavy atom. The van der Waals surface area contributed by atoms with Crippen LogP contribution in [0.3, 0.4) is 0 Å². The van der Waals surface area contributed by atoms with Crippen molar-refractivity contribution in [1.82, 2.24) is 5.43 Å². The van der Waals surface area contributed by atoms with Gasteiger partial charge in [0.05, 0.1) is 16.8 Å². The predicted molar refractivity (Wildman–Crippen MR) is 56.8 cm³/mol. The zero-order valence-electron chi connectivity index (χ0n) is 8.25. The smallest absolute Gasteiger partial charge is 0.350 e. The number of nitrogens with two attached hydrogens (primary N) is 1. The highest BCUT2D eigenvalue weighted by molar-refractivity contribution is 6.31. The molecule has 0 radical (unpaired) electrons. The van der Waals surface area contributed by atoms with Crippen molar-refractivity contribution in [3.8, 4) is 0 Å². The summed E-state index contributed by atoms with van der Waals surface area (Å²) >= 11 is 5.41. The lowest BCUT2D eigenvalue weighted by Crippen LogP contribution is -2.24. The van der Waals surface area contributed by atoms with E-state index in [1.807, 2.05) is 5.43 Å². The molecule has 0 aliphatic rings. The number of halogens is 4. The van der Waals surface area contributed by atoms with Gasteiger partial charge in [0.2, 0.25) is 0 Å². The monoisotopic (exact) mass is 265 g/mol. The number of nitrogens with one attached hydrogen (secondary N) is 1. The fraction of sp³-hybridized carbons (Fsp3) is 0.111. The molecular weight excluding hydrogens is 259 g/mol. The van der Waals surface area contributed by atoms with Crippen molar-refractivity contribution in [2.24, 2.45) is 10.8 Å². The summed E-state index contributed by atoms with van der Waals surface area (Å²) in [5.41, 5.74) is 5.74. The van der Waals surface area contributed by atoms with Gasteiger partial charge in [0.15, 0.2) is 0 Å². The minimum absolute atomic E-state index is 0.135. The molecule has 3 N–H and O–H groups in total. The van der Waals surface area contributed by atoms with E-state index in [0.717, 1.165) is 18.3 Å². The van der Waals surface area contributed by atoms with E-state index in [0.29, 0.717) is 0 Å². The lowest BCUT2D eigenvalue weighted by molar-refractivity contribution is -0.137. The molecule has 0 heterocycles. The lowest BCUT2D eigenvalue weighted by atomic mass is 10.1. The summed E-state index contributed by atoms with van der Waals surface area (Å²) in [6.07, 6.45) is -3.52. The van der Waals surface area contributed by atoms with Gasteiger partial charge < -0.3 is 5.73 Å². The quantitative estimate of drug-likeness (QED) is 0.625. The number of primary amides is 1. The van der Waals surface area contributed by atoms with Crippen molar-refractivity contribution in [3.05, 3.63) is 34.3 Å². The number of hydrogen-bond acceptors (Lipinski definition) is 2. The van der Waals surface area contributed by atoms with Gasteiger partial charge in [0, 0.05) is 0 Å². The number of benzene rings is 1. The van der Waals surface area contributed by atoms with Crippen LogP contribution in [0.25, 0.3) is 0 Å². The van der Waals surface area contributed by atoms with E-state index in [-0.39, 0.29) is 5.56 Å². The van der Waals surface area contributed by atoms with E-state index >= 15 is 0 Å². The Kier molecular flexibility index (Phi) is 3.95. The third-order valence-electron chi connectivity index (χ3n) is 1.68. The summed E-state index contributed by atoms with van der Waals surface area (Å²) in [7, 11) is 0. The second kappa shape index (κ2) is 5.05. The average molecular weight is 266 g/mol. The molecule has 0 bridgehead atoms. The Morgan fingerprint density at radius 1 is 1.47 bits per heavy atom. The first kappa shape index (κ1) is 13.3. The molecule has 92 valence electrons. The molecule has 4 nitrogen and oxygen atoms in total. The second-order valence-electron chi connectivity index (χ2n) is 2.97. The number of urea groups is 1. The SMILES string of the molecule is NC(=O)NN=Cc1ccc(Cl)c(C(F)(F)F)c1. The molecule has 0 saturated carbocycles. The van der Waals surface area contributed by atoms with Gasteiger partial charge in [-0.05, 0) is 17.7 Å². The topological polar surface area (TPSA) is 67.5 Å². The number of rotatable bonds is 2. The summed E-state index contributed by atoms with van der Waals surface area (Å²) < 4.78 is 37.4. The normalized spacial score (nSPS) is 11.8. The predicted octanol–water partition coefficient (Wildman–Crippen LogP) is 2.36. The van der Waals surface area contributed by atoms with E-state index in [9.17, 15) is 18.0 Å². The molecule has 1 aromatic rings. The molecular formula is C9H7ClF3N3O. The minimum atomic E-state index is -4.54. The number of hydrazone groups is 1. The fourth-order valence-electron chi connectivity index (χ4n) is 1.01. The van der Waals surface area contributed by atoms with Gasteiger partial charge in [-0.3, -0.25) is 0 Å². The highest BCUT2D eigenvalue weighted by Crippen LogP contribution is 2.34. The van der Waals surface area contributed by atoms with Crippen molar-refractivity contribution in [2.75, 3.05) is 0 Å². The molecule has 0 aromatic heterocycles. The Bertz CT molecular complexity index is 459. The first-order chi connectivity index (χ1) is 7.80. The van der Waals surface area contributed by atoms with E-state index in [4.69, 9.17) is 17.3 Å². The highest BCUT2D eigenvalue weighted by Gasteiger charge is 2.33. The molecule has 0 fully saturated rings. The average Bonchev–Trinajstić information content (AvgIpc) is 2.18. The van der Waals surface area contributed by atoms with Crippen LogP contribution in [0.15, 0.2) is 23.3 Å². The molecule has 0 spiro atoms. The molecule has 17 heavy (non-hydrogen) atoms. The molecule has 1 aromatic carbocycles. The first-order valence-electron chi connectivity index (χ1n) is 4.26. The molecule has 0 unspecified atom stereocenters. The Labute approximate surface area is 99.2 Å². The van der Waals surface area contributed by atoms with Gasteiger partial charge >= 0.3 is 12.2 Å². The van der Waals surface area contributed by atoms with E-state index in [1.54, 1.807) is 0 Å². The highest BCUT2D eigenvalue weighted by atomic mass is 35.5. The molecule has 0 atom stereocenters. The largest absolute Gasteiger partial charge is 0.417 e. The lowest BCUT2D eigenvalue weighted by Gasteiger charge is -2.09. The van der Waals surface area contributed by atoms with E-state index in [2.05, 4.69) is 5.10 Å². The number of hydrogen-bond donors (Lipinski definition) is 2. The first-order valence-corrected chi connectivity index (χ1v) is 4.64. The zero-order chi connectivity index (χ0) is 13.1. The summed E-state index contributed by atoms with van der Waals surface area (Å²) in [4.78, 5) is 10.3. The van der Waals surface area contributed by atoms with Crippen LogP contribution in [-0.4, -0.2) is 12.2 Å². The zero-order valence-corrected chi connectivity index (χ0v) is 9.01.